The fraction of sp³-hybridized carbons (Fsp3) is 0.375. The Bertz CT molecular complexity index is 468. The van der Waals surface area contributed by atoms with Gasteiger partial charge in [-0.2, -0.15) is 0 Å². The average molecular weight is 242 g/mol. The lowest BCUT2D eigenvalue weighted by Gasteiger charge is -2.10. The Balaban J connectivity index is 2.00. The largest absolute Gasteiger partial charge is 0.346 e. The zero-order chi connectivity index (χ0) is 12.8. The van der Waals surface area contributed by atoms with E-state index in [1.165, 1.54) is 23.2 Å². The fourth-order valence-corrected chi connectivity index (χ4v) is 2.05. The maximum absolute atomic E-state index is 3.45. The lowest BCUT2D eigenvalue weighted by atomic mass is 10.1. The molecule has 0 spiro atoms. The SMILES string of the molecule is CCCNCc1cccn1Cc1ccc(C)cc1. The number of nitrogens with zero attached hydrogens (tertiary/aromatic N) is 1. The van der Waals surface area contributed by atoms with E-state index in [9.17, 15) is 0 Å². The predicted molar refractivity (Wildman–Crippen MR) is 76.7 cm³/mol. The van der Waals surface area contributed by atoms with Crippen LogP contribution in [0.1, 0.15) is 30.2 Å². The molecule has 2 heteroatoms. The quantitative estimate of drug-likeness (QED) is 0.769. The van der Waals surface area contributed by atoms with Crippen molar-refractivity contribution in [2.75, 3.05) is 6.54 Å². The van der Waals surface area contributed by atoms with E-state index < -0.39 is 0 Å². The normalized spacial score (nSPS) is 10.8. The molecule has 0 fully saturated rings. The third-order valence-electron chi connectivity index (χ3n) is 3.13. The molecule has 1 N–H and O–H groups in total. The first-order valence-electron chi connectivity index (χ1n) is 6.70. The summed E-state index contributed by atoms with van der Waals surface area (Å²) in [6, 6.07) is 13.1. The topological polar surface area (TPSA) is 17.0 Å². The summed E-state index contributed by atoms with van der Waals surface area (Å²) in [5.41, 5.74) is 4.02. The highest BCUT2D eigenvalue weighted by atomic mass is 15.0. The molecule has 0 bridgehead atoms. The summed E-state index contributed by atoms with van der Waals surface area (Å²) in [5, 5.41) is 3.45. The van der Waals surface area contributed by atoms with Crippen LogP contribution in [0.3, 0.4) is 0 Å². The molecule has 2 nitrogen and oxygen atoms in total. The van der Waals surface area contributed by atoms with Gasteiger partial charge in [-0.1, -0.05) is 36.8 Å². The summed E-state index contributed by atoms with van der Waals surface area (Å²) in [7, 11) is 0. The van der Waals surface area contributed by atoms with Gasteiger partial charge in [0.15, 0.2) is 0 Å². The van der Waals surface area contributed by atoms with E-state index in [2.05, 4.69) is 66.3 Å². The standard InChI is InChI=1S/C16H22N2/c1-3-10-17-12-16-5-4-11-18(16)13-15-8-6-14(2)7-9-15/h4-9,11,17H,3,10,12-13H2,1-2H3. The summed E-state index contributed by atoms with van der Waals surface area (Å²) >= 11 is 0. The van der Waals surface area contributed by atoms with E-state index in [4.69, 9.17) is 0 Å². The number of aryl methyl sites for hydroxylation is 1. The van der Waals surface area contributed by atoms with Gasteiger partial charge in [-0.25, -0.2) is 0 Å². The lowest BCUT2D eigenvalue weighted by Crippen LogP contribution is -2.16. The smallest absolute Gasteiger partial charge is 0.0473 e. The van der Waals surface area contributed by atoms with E-state index in [-0.39, 0.29) is 0 Å². The number of hydrogen-bond acceptors (Lipinski definition) is 1. The van der Waals surface area contributed by atoms with Crippen molar-refractivity contribution >= 4 is 0 Å². The molecular weight excluding hydrogens is 220 g/mol. The maximum Gasteiger partial charge on any atom is 0.0473 e. The van der Waals surface area contributed by atoms with Crippen LogP contribution in [-0.2, 0) is 13.1 Å². The minimum Gasteiger partial charge on any atom is -0.346 e. The third kappa shape index (κ3) is 3.47. The summed E-state index contributed by atoms with van der Waals surface area (Å²) in [6.07, 6.45) is 3.33. The summed E-state index contributed by atoms with van der Waals surface area (Å²) < 4.78 is 2.31. The van der Waals surface area contributed by atoms with Gasteiger partial charge in [0.2, 0.25) is 0 Å². The second-order valence-electron chi connectivity index (χ2n) is 4.79. The lowest BCUT2D eigenvalue weighted by molar-refractivity contribution is 0.630. The highest BCUT2D eigenvalue weighted by Gasteiger charge is 2.01. The molecule has 96 valence electrons. The highest BCUT2D eigenvalue weighted by Crippen LogP contribution is 2.09. The number of aromatic nitrogens is 1. The maximum atomic E-state index is 3.45. The van der Waals surface area contributed by atoms with Gasteiger partial charge in [-0.15, -0.1) is 0 Å². The number of rotatable bonds is 6. The van der Waals surface area contributed by atoms with Gasteiger partial charge in [0.1, 0.15) is 0 Å². The van der Waals surface area contributed by atoms with Crippen molar-refractivity contribution in [3.63, 3.8) is 0 Å². The van der Waals surface area contributed by atoms with Crippen LogP contribution < -0.4 is 5.32 Å². The van der Waals surface area contributed by atoms with Gasteiger partial charge in [-0.05, 0) is 37.6 Å². The van der Waals surface area contributed by atoms with Gasteiger partial charge in [-0.3, -0.25) is 0 Å². The first-order valence-corrected chi connectivity index (χ1v) is 6.70. The molecule has 1 aromatic heterocycles. The van der Waals surface area contributed by atoms with Gasteiger partial charge >= 0.3 is 0 Å². The number of nitrogens with one attached hydrogen (secondary N) is 1. The molecule has 1 heterocycles. The van der Waals surface area contributed by atoms with E-state index >= 15 is 0 Å². The van der Waals surface area contributed by atoms with Crippen LogP contribution in [0.2, 0.25) is 0 Å². The van der Waals surface area contributed by atoms with Crippen LogP contribution >= 0.6 is 0 Å². The molecule has 0 radical (unpaired) electrons. The Morgan fingerprint density at radius 1 is 1.11 bits per heavy atom. The molecule has 0 unspecified atom stereocenters. The van der Waals surface area contributed by atoms with Crippen LogP contribution in [0.5, 0.6) is 0 Å². The molecule has 0 saturated heterocycles. The Hall–Kier alpha value is -1.54. The zero-order valence-corrected chi connectivity index (χ0v) is 11.3. The minimum absolute atomic E-state index is 0.951. The molecule has 1 aromatic carbocycles. The Labute approximate surface area is 110 Å². The Morgan fingerprint density at radius 3 is 2.61 bits per heavy atom. The molecule has 0 saturated carbocycles. The second-order valence-corrected chi connectivity index (χ2v) is 4.79. The van der Waals surface area contributed by atoms with Crippen LogP contribution in [0.25, 0.3) is 0 Å². The average Bonchev–Trinajstić information content (AvgIpc) is 2.80. The second kappa shape index (κ2) is 6.41. The zero-order valence-electron chi connectivity index (χ0n) is 11.3. The van der Waals surface area contributed by atoms with Crippen molar-refractivity contribution in [1.82, 2.24) is 9.88 Å². The van der Waals surface area contributed by atoms with Crippen molar-refractivity contribution < 1.29 is 0 Å². The molecule has 2 rings (SSSR count). The summed E-state index contributed by atoms with van der Waals surface area (Å²) in [4.78, 5) is 0. The first kappa shape index (κ1) is 12.9. The highest BCUT2D eigenvalue weighted by molar-refractivity contribution is 5.22. The van der Waals surface area contributed by atoms with Gasteiger partial charge in [0.25, 0.3) is 0 Å². The van der Waals surface area contributed by atoms with Gasteiger partial charge < -0.3 is 9.88 Å². The summed E-state index contributed by atoms with van der Waals surface area (Å²) in [6.45, 7) is 7.30. The molecule has 0 aliphatic heterocycles. The van der Waals surface area contributed by atoms with Gasteiger partial charge in [0.05, 0.1) is 0 Å². The first-order chi connectivity index (χ1) is 8.79. The van der Waals surface area contributed by atoms with Crippen LogP contribution in [0.15, 0.2) is 42.6 Å². The number of hydrogen-bond donors (Lipinski definition) is 1. The van der Waals surface area contributed by atoms with Crippen LogP contribution in [0, 0.1) is 6.92 Å². The molecule has 0 aliphatic carbocycles. The van der Waals surface area contributed by atoms with Crippen molar-refractivity contribution in [3.8, 4) is 0 Å². The van der Waals surface area contributed by atoms with Crippen LogP contribution in [-0.4, -0.2) is 11.1 Å². The monoisotopic (exact) mass is 242 g/mol. The van der Waals surface area contributed by atoms with E-state index in [0.29, 0.717) is 0 Å². The Morgan fingerprint density at radius 2 is 1.89 bits per heavy atom. The predicted octanol–water partition coefficient (Wildman–Crippen LogP) is 3.34. The van der Waals surface area contributed by atoms with E-state index in [1.54, 1.807) is 0 Å². The summed E-state index contributed by atoms with van der Waals surface area (Å²) in [5.74, 6) is 0. The molecular formula is C16H22N2. The van der Waals surface area contributed by atoms with Crippen molar-refractivity contribution in [3.05, 3.63) is 59.4 Å². The van der Waals surface area contributed by atoms with Crippen molar-refractivity contribution in [1.29, 1.82) is 0 Å². The fourth-order valence-electron chi connectivity index (χ4n) is 2.05. The van der Waals surface area contributed by atoms with E-state index in [0.717, 1.165) is 19.6 Å². The minimum atomic E-state index is 0.951. The molecule has 0 aliphatic rings. The molecule has 18 heavy (non-hydrogen) atoms. The molecule has 2 aromatic rings. The van der Waals surface area contributed by atoms with E-state index in [1.807, 2.05) is 0 Å². The number of benzene rings is 1. The Kier molecular flexibility index (Phi) is 4.59. The third-order valence-corrected chi connectivity index (χ3v) is 3.13. The van der Waals surface area contributed by atoms with Crippen molar-refractivity contribution in [2.24, 2.45) is 0 Å². The molecule has 0 atom stereocenters. The van der Waals surface area contributed by atoms with Crippen molar-refractivity contribution in [2.45, 2.75) is 33.4 Å². The van der Waals surface area contributed by atoms with Gasteiger partial charge in [0, 0.05) is 25.0 Å². The molecule has 0 amide bonds. The van der Waals surface area contributed by atoms with Crippen LogP contribution in [0.4, 0.5) is 0 Å².